The number of ether oxygens (including phenoxy) is 2. The van der Waals surface area contributed by atoms with Crippen LogP contribution in [0.1, 0.15) is 66.7 Å². The summed E-state index contributed by atoms with van der Waals surface area (Å²) in [6, 6.07) is 0. The van der Waals surface area contributed by atoms with Gasteiger partial charge in [0.1, 0.15) is 0 Å². The molecule has 3 saturated carbocycles. The van der Waals surface area contributed by atoms with E-state index in [1.807, 2.05) is 19.9 Å². The first kappa shape index (κ1) is 26.1. The summed E-state index contributed by atoms with van der Waals surface area (Å²) < 4.78 is 11.0. The second-order valence-corrected chi connectivity index (χ2v) is 11.8. The predicted octanol–water partition coefficient (Wildman–Crippen LogP) is 3.70. The molecular formula is C27H35ClO7. The van der Waals surface area contributed by atoms with Crippen molar-refractivity contribution in [3.05, 3.63) is 23.8 Å². The van der Waals surface area contributed by atoms with E-state index in [4.69, 9.17) is 21.1 Å². The molecule has 35 heavy (non-hydrogen) atoms. The Hall–Kier alpha value is -1.99. The highest BCUT2D eigenvalue weighted by Crippen LogP contribution is 2.71. The second-order valence-electron chi connectivity index (χ2n) is 11.2. The van der Waals surface area contributed by atoms with Gasteiger partial charge in [-0.1, -0.05) is 39.3 Å². The van der Waals surface area contributed by atoms with E-state index in [2.05, 4.69) is 6.92 Å². The molecule has 3 fully saturated rings. The van der Waals surface area contributed by atoms with E-state index >= 15 is 0 Å². The lowest BCUT2D eigenvalue weighted by Crippen LogP contribution is -2.70. The fourth-order valence-electron chi connectivity index (χ4n) is 7.82. The molecule has 1 N–H and O–H groups in total. The van der Waals surface area contributed by atoms with Crippen LogP contribution in [-0.4, -0.2) is 51.8 Å². The van der Waals surface area contributed by atoms with Gasteiger partial charge in [0.05, 0.1) is 11.0 Å². The van der Waals surface area contributed by atoms with E-state index in [0.29, 0.717) is 12.8 Å². The Morgan fingerprint density at radius 2 is 1.91 bits per heavy atom. The van der Waals surface area contributed by atoms with Crippen molar-refractivity contribution in [2.75, 3.05) is 6.61 Å². The maximum Gasteiger partial charge on any atom is 0.306 e. The fraction of sp³-hybridized carbons (Fsp3) is 0.704. The molecular weight excluding hydrogens is 472 g/mol. The number of hydrogen-bond donors (Lipinski definition) is 1. The van der Waals surface area contributed by atoms with Gasteiger partial charge in [-0.25, -0.2) is 0 Å². The minimum Gasteiger partial charge on any atom is -0.458 e. The van der Waals surface area contributed by atoms with Gasteiger partial charge in [-0.05, 0) is 55.6 Å². The summed E-state index contributed by atoms with van der Waals surface area (Å²) >= 11 is 7.48. The van der Waals surface area contributed by atoms with Crippen LogP contribution in [0.2, 0.25) is 0 Å². The van der Waals surface area contributed by atoms with Crippen LogP contribution in [0, 0.1) is 28.6 Å². The molecule has 0 aromatic rings. The number of esters is 2. The number of fused-ring (bicyclic) bond motifs is 5. The number of halogens is 1. The highest BCUT2D eigenvalue weighted by molar-refractivity contribution is 6.26. The van der Waals surface area contributed by atoms with Crippen molar-refractivity contribution in [2.45, 2.75) is 83.3 Å². The number of alkyl halides is 1. The summed E-state index contributed by atoms with van der Waals surface area (Å²) in [4.78, 5) is 48.7. The van der Waals surface area contributed by atoms with Gasteiger partial charge in [-0.3, -0.25) is 19.2 Å². The Labute approximate surface area is 211 Å². The maximum atomic E-state index is 13.6. The Balaban J connectivity index is 1.81. The van der Waals surface area contributed by atoms with E-state index in [9.17, 15) is 24.3 Å². The minimum atomic E-state index is -1.52. The number of ketones is 2. The minimum absolute atomic E-state index is 0.0465. The summed E-state index contributed by atoms with van der Waals surface area (Å²) in [6.07, 6.45) is 5.69. The number of allylic oxidation sites excluding steroid dienone is 4. The molecule has 8 atom stereocenters. The van der Waals surface area contributed by atoms with Crippen LogP contribution in [0.4, 0.5) is 0 Å². The van der Waals surface area contributed by atoms with E-state index in [0.717, 1.165) is 5.57 Å². The summed E-state index contributed by atoms with van der Waals surface area (Å²) in [5.74, 6) is -1.93. The maximum absolute atomic E-state index is 13.6. The normalized spacial score (nSPS) is 44.0. The highest BCUT2D eigenvalue weighted by atomic mass is 35.5. The molecule has 8 heteroatoms. The molecule has 0 saturated heterocycles. The molecule has 0 spiro atoms. The van der Waals surface area contributed by atoms with Gasteiger partial charge in [0.2, 0.25) is 5.78 Å². The first-order valence-electron chi connectivity index (χ1n) is 12.5. The summed E-state index contributed by atoms with van der Waals surface area (Å²) in [6.45, 7) is 8.34. The number of rotatable bonds is 5. The first-order valence-corrected chi connectivity index (χ1v) is 12.9. The first-order chi connectivity index (χ1) is 16.3. The van der Waals surface area contributed by atoms with E-state index in [1.165, 1.54) is 13.0 Å². The third-order valence-electron chi connectivity index (χ3n) is 9.52. The van der Waals surface area contributed by atoms with E-state index in [-0.39, 0.29) is 42.8 Å². The molecule has 0 amide bonds. The standard InChI is InChI=1S/C27H35ClO7/c1-6-23(33)35-26(22(32)14-34-16(3)29)10-8-18-20-11-15(2)19-12-17(30)7-9-24(19,4)27(20,28)21(31)13-25(18,26)5/h7,9,12,15,18,20-21,31H,6,8,10-11,13-14H2,1-5H3/t15-,18-,20-,21-,24-,25-,26-,27-/m0/s1. The zero-order valence-corrected chi connectivity index (χ0v) is 21.8. The van der Waals surface area contributed by atoms with Crippen molar-refractivity contribution in [1.82, 2.24) is 0 Å². The van der Waals surface area contributed by atoms with E-state index < -0.39 is 51.7 Å². The van der Waals surface area contributed by atoms with Crippen LogP contribution in [-0.2, 0) is 28.7 Å². The SMILES string of the molecule is CCC(=O)O[C@]1(C(=O)COC(C)=O)CC[C@H]2[C@@H]3C[C@H](C)C4=CC(=O)C=C[C@]4(C)[C@@]3(Cl)[C@@H](O)C[C@@]21C. The number of aliphatic hydroxyl groups excluding tert-OH is 1. The molecule has 4 rings (SSSR count). The molecule has 0 radical (unpaired) electrons. The third-order valence-corrected chi connectivity index (χ3v) is 10.4. The van der Waals surface area contributed by atoms with Gasteiger partial charge in [0, 0.05) is 24.2 Å². The monoisotopic (exact) mass is 506 g/mol. The molecule has 4 aliphatic carbocycles. The van der Waals surface area contributed by atoms with Crippen LogP contribution >= 0.6 is 11.6 Å². The summed E-state index contributed by atoms with van der Waals surface area (Å²) in [7, 11) is 0. The third kappa shape index (κ3) is 3.48. The van der Waals surface area contributed by atoms with Gasteiger partial charge in [0.15, 0.2) is 18.0 Å². The molecule has 192 valence electrons. The smallest absolute Gasteiger partial charge is 0.306 e. The number of carbonyl (C=O) groups is 4. The van der Waals surface area contributed by atoms with Gasteiger partial charge in [0.25, 0.3) is 0 Å². The van der Waals surface area contributed by atoms with Crippen molar-refractivity contribution in [3.8, 4) is 0 Å². The number of Topliss-reactive ketones (excluding diaryl/α,β-unsaturated/α-hetero) is 1. The average molecular weight is 507 g/mol. The van der Waals surface area contributed by atoms with Crippen molar-refractivity contribution in [1.29, 1.82) is 0 Å². The Morgan fingerprint density at radius 1 is 1.23 bits per heavy atom. The van der Waals surface area contributed by atoms with Crippen LogP contribution in [0.15, 0.2) is 23.8 Å². The quantitative estimate of drug-likeness (QED) is 0.447. The van der Waals surface area contributed by atoms with Crippen LogP contribution < -0.4 is 0 Å². The molecule has 0 aromatic carbocycles. The van der Waals surface area contributed by atoms with Gasteiger partial charge in [-0.2, -0.15) is 0 Å². The zero-order valence-electron chi connectivity index (χ0n) is 21.1. The molecule has 0 bridgehead atoms. The van der Waals surface area contributed by atoms with Crippen molar-refractivity contribution in [2.24, 2.45) is 28.6 Å². The van der Waals surface area contributed by atoms with Crippen LogP contribution in [0.3, 0.4) is 0 Å². The Morgan fingerprint density at radius 3 is 2.54 bits per heavy atom. The van der Waals surface area contributed by atoms with Crippen molar-refractivity contribution < 1.29 is 33.8 Å². The van der Waals surface area contributed by atoms with Gasteiger partial charge < -0.3 is 14.6 Å². The average Bonchev–Trinajstić information content (AvgIpc) is 3.08. The molecule has 0 aliphatic heterocycles. The molecule has 4 aliphatic rings. The largest absolute Gasteiger partial charge is 0.458 e. The topological polar surface area (TPSA) is 107 Å². The predicted molar refractivity (Wildman–Crippen MR) is 128 cm³/mol. The van der Waals surface area contributed by atoms with Crippen molar-refractivity contribution >= 4 is 35.1 Å². The summed E-state index contributed by atoms with van der Waals surface area (Å²) in [5, 5.41) is 11.7. The number of carbonyl (C=O) groups excluding carboxylic acids is 4. The fourth-order valence-corrected chi connectivity index (χ4v) is 8.31. The van der Waals surface area contributed by atoms with Crippen LogP contribution in [0.25, 0.3) is 0 Å². The zero-order chi connectivity index (χ0) is 26.0. The molecule has 0 aromatic heterocycles. The van der Waals surface area contributed by atoms with Gasteiger partial charge in [-0.15, -0.1) is 11.6 Å². The number of hydrogen-bond acceptors (Lipinski definition) is 7. The Bertz CT molecular complexity index is 1030. The van der Waals surface area contributed by atoms with E-state index in [1.54, 1.807) is 13.0 Å². The van der Waals surface area contributed by atoms with Crippen molar-refractivity contribution in [3.63, 3.8) is 0 Å². The highest BCUT2D eigenvalue weighted by Gasteiger charge is 2.75. The molecule has 7 nitrogen and oxygen atoms in total. The number of aliphatic hydroxyl groups is 1. The lowest BCUT2D eigenvalue weighted by molar-refractivity contribution is -0.199. The lowest BCUT2D eigenvalue weighted by Gasteiger charge is -2.65. The summed E-state index contributed by atoms with van der Waals surface area (Å²) in [5.41, 5.74) is -2.23. The van der Waals surface area contributed by atoms with Crippen LogP contribution in [0.5, 0.6) is 0 Å². The van der Waals surface area contributed by atoms with Gasteiger partial charge >= 0.3 is 11.9 Å². The Kier molecular flexibility index (Phi) is 6.37. The lowest BCUT2D eigenvalue weighted by atomic mass is 9.44. The second kappa shape index (κ2) is 8.55. The molecule has 0 unspecified atom stereocenters. The molecule has 0 heterocycles.